The number of imide groups is 1. The Morgan fingerprint density at radius 1 is 1.63 bits per heavy atom. The van der Waals surface area contributed by atoms with E-state index in [1.54, 1.807) is 6.92 Å². The fourth-order valence-electron chi connectivity index (χ4n) is 2.21. The summed E-state index contributed by atoms with van der Waals surface area (Å²) in [5.41, 5.74) is -1.13. The zero-order chi connectivity index (χ0) is 14.2. The van der Waals surface area contributed by atoms with Gasteiger partial charge in [-0.05, 0) is 6.92 Å². The molecule has 0 aromatic carbocycles. The number of ether oxygens (including phenoxy) is 1. The van der Waals surface area contributed by atoms with Gasteiger partial charge in [0.25, 0.3) is 0 Å². The van der Waals surface area contributed by atoms with Crippen LogP contribution in [0.1, 0.15) is 13.3 Å². The Labute approximate surface area is 110 Å². The van der Waals surface area contributed by atoms with Crippen molar-refractivity contribution >= 4 is 11.9 Å². The number of nitrogens with zero attached hydrogens (tertiary/aromatic N) is 1. The smallest absolute Gasteiger partial charge is 0.326 e. The van der Waals surface area contributed by atoms with E-state index in [0.29, 0.717) is 0 Å². The molecule has 0 aromatic rings. The number of hydrogen-bond donors (Lipinski definition) is 3. The quantitative estimate of drug-likeness (QED) is 0.538. The minimum Gasteiger partial charge on any atom is -0.394 e. The average molecular weight is 268 g/mol. The topological polar surface area (TPSA) is 99.1 Å². The van der Waals surface area contributed by atoms with Crippen LogP contribution in [-0.2, 0) is 9.53 Å². The lowest BCUT2D eigenvalue weighted by Gasteiger charge is -2.38. The van der Waals surface area contributed by atoms with E-state index in [2.05, 4.69) is 11.2 Å². The number of carbonyl (C=O) groups is 2. The third kappa shape index (κ3) is 2.30. The zero-order valence-electron chi connectivity index (χ0n) is 10.5. The molecular weight excluding hydrogens is 252 g/mol. The maximum absolute atomic E-state index is 11.8. The molecule has 2 fully saturated rings. The molecule has 0 aromatic heterocycles. The number of amides is 3. The van der Waals surface area contributed by atoms with E-state index in [9.17, 15) is 14.7 Å². The Morgan fingerprint density at radius 3 is 2.84 bits per heavy atom. The fourth-order valence-corrected chi connectivity index (χ4v) is 2.21. The maximum atomic E-state index is 11.8. The van der Waals surface area contributed by atoms with Gasteiger partial charge in [0.2, 0.25) is 5.91 Å². The van der Waals surface area contributed by atoms with Crippen molar-refractivity contribution in [1.29, 1.82) is 0 Å². The van der Waals surface area contributed by atoms with Gasteiger partial charge in [-0.3, -0.25) is 15.0 Å². The summed E-state index contributed by atoms with van der Waals surface area (Å²) < 4.78 is 5.39. The minimum atomic E-state index is -1.13. The van der Waals surface area contributed by atoms with Crippen LogP contribution in [0.3, 0.4) is 0 Å². The first-order valence-corrected chi connectivity index (χ1v) is 5.95. The van der Waals surface area contributed by atoms with Crippen LogP contribution in [0.5, 0.6) is 0 Å². The summed E-state index contributed by atoms with van der Waals surface area (Å²) in [5.74, 6) is 1.85. The second-order valence-electron chi connectivity index (χ2n) is 4.98. The van der Waals surface area contributed by atoms with Gasteiger partial charge >= 0.3 is 6.03 Å². The lowest BCUT2D eigenvalue weighted by atomic mass is 9.88. The lowest BCUT2D eigenvalue weighted by Crippen LogP contribution is -2.61. The lowest BCUT2D eigenvalue weighted by molar-refractivity contribution is -0.132. The summed E-state index contributed by atoms with van der Waals surface area (Å²) in [6, 6.07) is -0.603. The van der Waals surface area contributed by atoms with Crippen LogP contribution in [0.25, 0.3) is 0 Å². The van der Waals surface area contributed by atoms with Crippen LogP contribution in [0.2, 0.25) is 0 Å². The number of nitrogens with one attached hydrogen (secondary N) is 1. The van der Waals surface area contributed by atoms with Crippen molar-refractivity contribution in [3.05, 3.63) is 0 Å². The van der Waals surface area contributed by atoms with E-state index < -0.39 is 35.8 Å². The zero-order valence-corrected chi connectivity index (χ0v) is 10.5. The van der Waals surface area contributed by atoms with E-state index in [-0.39, 0.29) is 19.6 Å². The van der Waals surface area contributed by atoms with Crippen LogP contribution in [0.15, 0.2) is 0 Å². The first kappa shape index (κ1) is 13.8. The van der Waals surface area contributed by atoms with Gasteiger partial charge in [-0.2, -0.15) is 0 Å². The highest BCUT2D eigenvalue weighted by atomic mass is 16.5. The van der Waals surface area contributed by atoms with Gasteiger partial charge in [-0.25, -0.2) is 4.79 Å². The molecule has 19 heavy (non-hydrogen) atoms. The highest BCUT2D eigenvalue weighted by molar-refractivity contribution is 6.01. The van der Waals surface area contributed by atoms with E-state index in [0.717, 1.165) is 0 Å². The molecule has 7 nitrogen and oxygen atoms in total. The first-order chi connectivity index (χ1) is 8.91. The Morgan fingerprint density at radius 2 is 2.32 bits per heavy atom. The molecule has 0 spiro atoms. The molecule has 2 aliphatic heterocycles. The first-order valence-electron chi connectivity index (χ1n) is 5.95. The van der Waals surface area contributed by atoms with E-state index in [1.807, 2.05) is 0 Å². The molecule has 104 valence electrons. The van der Waals surface area contributed by atoms with Crippen LogP contribution >= 0.6 is 0 Å². The number of carbonyl (C=O) groups excluding carboxylic acids is 2. The minimum absolute atomic E-state index is 0.0176. The monoisotopic (exact) mass is 268 g/mol. The highest BCUT2D eigenvalue weighted by Crippen LogP contribution is 2.29. The average Bonchev–Trinajstić information content (AvgIpc) is 2.75. The summed E-state index contributed by atoms with van der Waals surface area (Å²) in [6.45, 7) is 1.23. The van der Waals surface area contributed by atoms with Crippen molar-refractivity contribution in [1.82, 2.24) is 10.2 Å². The number of rotatable bonds is 2. The van der Waals surface area contributed by atoms with Gasteiger partial charge in [-0.1, -0.05) is 5.92 Å². The van der Waals surface area contributed by atoms with Gasteiger partial charge in [-0.15, -0.1) is 6.42 Å². The molecule has 2 aliphatic rings. The van der Waals surface area contributed by atoms with Crippen molar-refractivity contribution in [2.45, 2.75) is 31.8 Å². The molecular formula is C12H16N2O5. The third-order valence-electron chi connectivity index (χ3n) is 3.52. The van der Waals surface area contributed by atoms with Crippen LogP contribution < -0.4 is 5.32 Å². The van der Waals surface area contributed by atoms with E-state index >= 15 is 0 Å². The largest absolute Gasteiger partial charge is 0.394 e. The number of terminal acetylenes is 1. The molecule has 2 saturated heterocycles. The van der Waals surface area contributed by atoms with Crippen LogP contribution in [0, 0.1) is 17.8 Å². The molecule has 3 N–H and O–H groups in total. The summed E-state index contributed by atoms with van der Waals surface area (Å²) in [4.78, 5) is 24.7. The molecule has 2 rings (SSSR count). The van der Waals surface area contributed by atoms with Gasteiger partial charge in [0.05, 0.1) is 19.3 Å². The Hall–Kier alpha value is -1.62. The van der Waals surface area contributed by atoms with Gasteiger partial charge in [0.1, 0.15) is 17.7 Å². The highest BCUT2D eigenvalue weighted by Gasteiger charge is 2.47. The Bertz CT molecular complexity index is 446. The molecule has 3 amide bonds. The molecule has 0 saturated carbocycles. The number of aliphatic hydroxyl groups excluding tert-OH is 2. The summed E-state index contributed by atoms with van der Waals surface area (Å²) in [7, 11) is 0. The number of aliphatic hydroxyl groups is 2. The SMILES string of the molecule is C#CC1(C)CN([C@H]2C[C@H](O)[C@@H](CO)O2)C(=O)NC1=O. The van der Waals surface area contributed by atoms with Crippen molar-refractivity contribution in [2.75, 3.05) is 13.2 Å². The molecule has 0 bridgehead atoms. The van der Waals surface area contributed by atoms with Crippen molar-refractivity contribution in [3.63, 3.8) is 0 Å². The van der Waals surface area contributed by atoms with Crippen LogP contribution in [-0.4, -0.2) is 58.6 Å². The predicted molar refractivity (Wildman–Crippen MR) is 63.6 cm³/mol. The van der Waals surface area contributed by atoms with E-state index in [4.69, 9.17) is 16.3 Å². The maximum Gasteiger partial charge on any atom is 0.326 e. The molecule has 7 heteroatoms. The van der Waals surface area contributed by atoms with Gasteiger partial charge in [0, 0.05) is 6.42 Å². The second kappa shape index (κ2) is 4.81. The summed E-state index contributed by atoms with van der Waals surface area (Å²) in [5, 5.41) is 20.9. The summed E-state index contributed by atoms with van der Waals surface area (Å²) in [6.07, 6.45) is 3.23. The number of hydrogen-bond acceptors (Lipinski definition) is 5. The van der Waals surface area contributed by atoms with E-state index in [1.165, 1.54) is 4.90 Å². The molecule has 0 radical (unpaired) electrons. The third-order valence-corrected chi connectivity index (χ3v) is 3.52. The normalized spacial score (nSPS) is 39.1. The van der Waals surface area contributed by atoms with Crippen molar-refractivity contribution in [2.24, 2.45) is 5.41 Å². The van der Waals surface area contributed by atoms with Gasteiger partial charge in [0.15, 0.2) is 0 Å². The van der Waals surface area contributed by atoms with Crippen molar-refractivity contribution in [3.8, 4) is 12.3 Å². The molecule has 4 atom stereocenters. The fraction of sp³-hybridized carbons (Fsp3) is 0.667. The molecule has 0 aliphatic carbocycles. The predicted octanol–water partition coefficient (Wildman–Crippen LogP) is -1.35. The Balaban J connectivity index is 2.15. The molecule has 1 unspecified atom stereocenters. The second-order valence-corrected chi connectivity index (χ2v) is 4.98. The van der Waals surface area contributed by atoms with Crippen molar-refractivity contribution < 1.29 is 24.5 Å². The standard InChI is InChI=1S/C12H16N2O5/c1-3-12(2)6-14(11(18)13-10(12)17)9-4-7(16)8(5-15)19-9/h1,7-9,15-16H,4-6H2,2H3,(H,13,17,18)/t7-,8+,9+,12?/m0/s1. The Kier molecular flexibility index (Phi) is 3.49. The molecule has 2 heterocycles. The summed E-state index contributed by atoms with van der Waals surface area (Å²) >= 11 is 0. The van der Waals surface area contributed by atoms with Gasteiger partial charge < -0.3 is 14.9 Å². The number of urea groups is 1. The van der Waals surface area contributed by atoms with Crippen LogP contribution in [0.4, 0.5) is 4.79 Å².